The largest absolute Gasteiger partial charge is 0.492 e. The van der Waals surface area contributed by atoms with E-state index in [-0.39, 0.29) is 35.9 Å². The predicted molar refractivity (Wildman–Crippen MR) is 124 cm³/mol. The van der Waals surface area contributed by atoms with Crippen LogP contribution >= 0.6 is 35.6 Å². The van der Waals surface area contributed by atoms with E-state index in [1.54, 1.807) is 13.1 Å². The molecular weight excluding hydrogens is 491 g/mol. The van der Waals surface area contributed by atoms with Gasteiger partial charge in [-0.05, 0) is 37.5 Å². The fourth-order valence-electron chi connectivity index (χ4n) is 3.79. The highest BCUT2D eigenvalue weighted by Crippen LogP contribution is 2.27. The Bertz CT molecular complexity index is 667. The molecule has 2 aliphatic rings. The molecule has 1 aliphatic carbocycles. The van der Waals surface area contributed by atoms with Crippen molar-refractivity contribution >= 4 is 47.4 Å². The van der Waals surface area contributed by atoms with Gasteiger partial charge in [0.25, 0.3) is 0 Å². The van der Waals surface area contributed by atoms with Gasteiger partial charge >= 0.3 is 0 Å². The second-order valence-electron chi connectivity index (χ2n) is 7.20. The zero-order valence-electron chi connectivity index (χ0n) is 16.3. The lowest BCUT2D eigenvalue weighted by Gasteiger charge is -2.21. The number of carbonyl (C=O) groups is 1. The fraction of sp³-hybridized carbons (Fsp3) is 0.600. The van der Waals surface area contributed by atoms with Gasteiger partial charge in [0, 0.05) is 37.1 Å². The standard InChI is InChI=1S/C20H29ClN4O2.HI/c1-22-20(23-10-12-27-18-8-4-7-16(21)13-18)24-17-9-11-25(14-17)19(26)15-5-2-3-6-15;/h4,7-8,13,15,17H,2-3,5-6,9-12,14H2,1H3,(H2,22,23,24);1H. The van der Waals surface area contributed by atoms with E-state index >= 15 is 0 Å². The Balaban J connectivity index is 0.00000280. The first kappa shape index (κ1) is 23.1. The average molecular weight is 521 g/mol. The number of benzene rings is 1. The molecule has 3 rings (SSSR count). The predicted octanol–water partition coefficient (Wildman–Crippen LogP) is 3.29. The first-order chi connectivity index (χ1) is 13.2. The molecule has 1 aromatic carbocycles. The molecule has 1 unspecified atom stereocenters. The molecule has 2 fully saturated rings. The molecular formula is C20H30ClIN4O2. The lowest BCUT2D eigenvalue weighted by atomic mass is 10.1. The van der Waals surface area contributed by atoms with Crippen LogP contribution in [0.1, 0.15) is 32.1 Å². The minimum Gasteiger partial charge on any atom is -0.492 e. The smallest absolute Gasteiger partial charge is 0.225 e. The highest BCUT2D eigenvalue weighted by Gasteiger charge is 2.32. The van der Waals surface area contributed by atoms with Gasteiger partial charge in [0.15, 0.2) is 5.96 Å². The number of carbonyl (C=O) groups excluding carboxylic acids is 1. The van der Waals surface area contributed by atoms with E-state index in [0.717, 1.165) is 44.1 Å². The van der Waals surface area contributed by atoms with Crippen LogP contribution in [0.15, 0.2) is 29.3 Å². The third-order valence-electron chi connectivity index (χ3n) is 5.23. The summed E-state index contributed by atoms with van der Waals surface area (Å²) in [7, 11) is 1.75. The number of nitrogens with one attached hydrogen (secondary N) is 2. The molecule has 2 N–H and O–H groups in total. The summed E-state index contributed by atoms with van der Waals surface area (Å²) >= 11 is 5.95. The fourth-order valence-corrected chi connectivity index (χ4v) is 3.97. The lowest BCUT2D eigenvalue weighted by Crippen LogP contribution is -2.46. The molecule has 1 aliphatic heterocycles. The maximum absolute atomic E-state index is 12.5. The SMILES string of the molecule is CN=C(NCCOc1cccc(Cl)c1)NC1CCN(C(=O)C2CCCC2)C1.I. The third kappa shape index (κ3) is 6.69. The van der Waals surface area contributed by atoms with Crippen molar-refractivity contribution in [2.75, 3.05) is 33.3 Å². The summed E-state index contributed by atoms with van der Waals surface area (Å²) in [5.74, 6) is 2.09. The van der Waals surface area contributed by atoms with Crippen LogP contribution in [0.4, 0.5) is 0 Å². The molecule has 0 spiro atoms. The van der Waals surface area contributed by atoms with Crippen molar-refractivity contribution in [3.63, 3.8) is 0 Å². The molecule has 28 heavy (non-hydrogen) atoms. The summed E-state index contributed by atoms with van der Waals surface area (Å²) in [6.45, 7) is 2.73. The van der Waals surface area contributed by atoms with Gasteiger partial charge in [0.1, 0.15) is 12.4 Å². The van der Waals surface area contributed by atoms with E-state index in [2.05, 4.69) is 15.6 Å². The first-order valence-electron chi connectivity index (χ1n) is 9.80. The van der Waals surface area contributed by atoms with Crippen LogP contribution in [-0.4, -0.2) is 56.1 Å². The van der Waals surface area contributed by atoms with Crippen LogP contribution in [0.25, 0.3) is 0 Å². The Morgan fingerprint density at radius 2 is 2.11 bits per heavy atom. The average Bonchev–Trinajstić information content (AvgIpc) is 3.36. The summed E-state index contributed by atoms with van der Waals surface area (Å²) < 4.78 is 5.67. The van der Waals surface area contributed by atoms with Gasteiger partial charge in [-0.15, -0.1) is 24.0 Å². The second-order valence-corrected chi connectivity index (χ2v) is 7.64. The van der Waals surface area contributed by atoms with Crippen molar-refractivity contribution in [1.29, 1.82) is 0 Å². The van der Waals surface area contributed by atoms with Crippen LogP contribution in [0.3, 0.4) is 0 Å². The Morgan fingerprint density at radius 1 is 1.32 bits per heavy atom. The molecule has 156 valence electrons. The number of rotatable bonds is 6. The van der Waals surface area contributed by atoms with E-state index in [4.69, 9.17) is 16.3 Å². The summed E-state index contributed by atoms with van der Waals surface area (Å²) in [5, 5.41) is 7.34. The van der Waals surface area contributed by atoms with E-state index in [1.807, 2.05) is 23.1 Å². The van der Waals surface area contributed by atoms with Crippen molar-refractivity contribution in [3.05, 3.63) is 29.3 Å². The molecule has 0 bridgehead atoms. The van der Waals surface area contributed by atoms with Crippen molar-refractivity contribution in [2.24, 2.45) is 10.9 Å². The quantitative estimate of drug-likeness (QED) is 0.261. The number of halogens is 2. The van der Waals surface area contributed by atoms with Gasteiger partial charge in [-0.1, -0.05) is 30.5 Å². The number of guanidine groups is 1. The van der Waals surface area contributed by atoms with E-state index < -0.39 is 0 Å². The normalized spacial score (nSPS) is 20.0. The van der Waals surface area contributed by atoms with Gasteiger partial charge < -0.3 is 20.3 Å². The van der Waals surface area contributed by atoms with Crippen LogP contribution in [0.2, 0.25) is 5.02 Å². The lowest BCUT2D eigenvalue weighted by molar-refractivity contribution is -0.134. The topological polar surface area (TPSA) is 66.0 Å². The van der Waals surface area contributed by atoms with Crippen LogP contribution in [0.5, 0.6) is 5.75 Å². The number of nitrogens with zero attached hydrogens (tertiary/aromatic N) is 2. The minimum atomic E-state index is 0. The second kappa shape index (κ2) is 11.7. The number of aliphatic imine (C=N–C) groups is 1. The van der Waals surface area contributed by atoms with Crippen LogP contribution in [-0.2, 0) is 4.79 Å². The summed E-state index contributed by atoms with van der Waals surface area (Å²) in [5.41, 5.74) is 0. The molecule has 1 saturated carbocycles. The Hall–Kier alpha value is -1.22. The molecule has 0 aromatic heterocycles. The molecule has 0 radical (unpaired) electrons. The summed E-state index contributed by atoms with van der Waals surface area (Å²) in [6.07, 6.45) is 5.46. The van der Waals surface area contributed by atoms with Crippen molar-refractivity contribution in [2.45, 2.75) is 38.1 Å². The van der Waals surface area contributed by atoms with Gasteiger partial charge in [-0.25, -0.2) is 0 Å². The maximum atomic E-state index is 12.5. The summed E-state index contributed by atoms with van der Waals surface area (Å²) in [6, 6.07) is 7.61. The van der Waals surface area contributed by atoms with Crippen LogP contribution in [0, 0.1) is 5.92 Å². The molecule has 8 heteroatoms. The maximum Gasteiger partial charge on any atom is 0.225 e. The molecule has 1 aromatic rings. The number of hydrogen-bond donors (Lipinski definition) is 2. The zero-order valence-corrected chi connectivity index (χ0v) is 19.4. The van der Waals surface area contributed by atoms with Gasteiger partial charge in [-0.3, -0.25) is 9.79 Å². The Morgan fingerprint density at radius 3 is 2.82 bits per heavy atom. The van der Waals surface area contributed by atoms with Gasteiger partial charge in [0.05, 0.1) is 6.54 Å². The van der Waals surface area contributed by atoms with E-state index in [0.29, 0.717) is 24.1 Å². The molecule has 1 heterocycles. The van der Waals surface area contributed by atoms with Crippen molar-refractivity contribution in [3.8, 4) is 5.75 Å². The molecule has 1 atom stereocenters. The minimum absolute atomic E-state index is 0. The number of amides is 1. The van der Waals surface area contributed by atoms with Crippen molar-refractivity contribution in [1.82, 2.24) is 15.5 Å². The number of likely N-dealkylation sites (tertiary alicyclic amines) is 1. The molecule has 6 nitrogen and oxygen atoms in total. The Kier molecular flexibility index (Phi) is 9.64. The van der Waals surface area contributed by atoms with Gasteiger partial charge in [0.2, 0.25) is 5.91 Å². The first-order valence-corrected chi connectivity index (χ1v) is 10.2. The third-order valence-corrected chi connectivity index (χ3v) is 5.46. The van der Waals surface area contributed by atoms with Crippen molar-refractivity contribution < 1.29 is 9.53 Å². The monoisotopic (exact) mass is 520 g/mol. The van der Waals surface area contributed by atoms with E-state index in [9.17, 15) is 4.79 Å². The highest BCUT2D eigenvalue weighted by atomic mass is 127. The highest BCUT2D eigenvalue weighted by molar-refractivity contribution is 14.0. The zero-order chi connectivity index (χ0) is 19.1. The van der Waals surface area contributed by atoms with E-state index in [1.165, 1.54) is 12.8 Å². The molecule has 1 saturated heterocycles. The number of hydrogen-bond acceptors (Lipinski definition) is 3. The van der Waals surface area contributed by atoms with Crippen LogP contribution < -0.4 is 15.4 Å². The summed E-state index contributed by atoms with van der Waals surface area (Å²) in [4.78, 5) is 18.8. The Labute approximate surface area is 189 Å². The number of ether oxygens (including phenoxy) is 1. The van der Waals surface area contributed by atoms with Gasteiger partial charge in [-0.2, -0.15) is 0 Å². The molecule has 1 amide bonds.